The SMILES string of the molecule is COc1ccc2cc(C[NH+](C)CC(=O)Nc3ccc(F)cc3F)ccc2c1. The highest BCUT2D eigenvalue weighted by molar-refractivity contribution is 5.91. The first kappa shape index (κ1) is 18.8. The van der Waals surface area contributed by atoms with Gasteiger partial charge < -0.3 is 15.0 Å². The fraction of sp³-hybridized carbons (Fsp3) is 0.190. The Balaban J connectivity index is 1.62. The Bertz CT molecular complexity index is 976. The highest BCUT2D eigenvalue weighted by Crippen LogP contribution is 2.21. The summed E-state index contributed by atoms with van der Waals surface area (Å²) < 4.78 is 31.8. The van der Waals surface area contributed by atoms with E-state index < -0.39 is 11.6 Å². The number of halogens is 2. The third-order valence-corrected chi connectivity index (χ3v) is 4.29. The van der Waals surface area contributed by atoms with Crippen molar-refractivity contribution in [3.8, 4) is 5.75 Å². The number of ether oxygens (including phenoxy) is 1. The van der Waals surface area contributed by atoms with Crippen molar-refractivity contribution in [2.45, 2.75) is 6.54 Å². The zero-order chi connectivity index (χ0) is 19.4. The van der Waals surface area contributed by atoms with E-state index in [0.717, 1.165) is 39.1 Å². The molecule has 1 amide bonds. The van der Waals surface area contributed by atoms with Gasteiger partial charge in [0.1, 0.15) is 23.9 Å². The predicted octanol–water partition coefficient (Wildman–Crippen LogP) is 2.78. The van der Waals surface area contributed by atoms with E-state index in [0.29, 0.717) is 6.54 Å². The van der Waals surface area contributed by atoms with Crippen LogP contribution in [0.15, 0.2) is 54.6 Å². The maximum atomic E-state index is 13.6. The first-order chi connectivity index (χ1) is 12.9. The Kier molecular flexibility index (Phi) is 5.66. The van der Waals surface area contributed by atoms with Crippen LogP contribution in [0.3, 0.4) is 0 Å². The lowest BCUT2D eigenvalue weighted by Crippen LogP contribution is -3.08. The number of carbonyl (C=O) groups is 1. The number of carbonyl (C=O) groups excluding carboxylic acids is 1. The van der Waals surface area contributed by atoms with Crippen molar-refractivity contribution in [1.82, 2.24) is 0 Å². The Hall–Kier alpha value is -2.99. The van der Waals surface area contributed by atoms with Crippen LogP contribution in [-0.4, -0.2) is 26.6 Å². The molecule has 0 saturated carbocycles. The highest BCUT2D eigenvalue weighted by atomic mass is 19.1. The molecule has 3 aromatic rings. The minimum Gasteiger partial charge on any atom is -0.497 e. The van der Waals surface area contributed by atoms with Gasteiger partial charge in [0.15, 0.2) is 6.54 Å². The van der Waals surface area contributed by atoms with Crippen molar-refractivity contribution in [3.05, 3.63) is 71.8 Å². The van der Waals surface area contributed by atoms with Gasteiger partial charge in [-0.15, -0.1) is 0 Å². The number of rotatable bonds is 6. The van der Waals surface area contributed by atoms with Gasteiger partial charge in [-0.3, -0.25) is 4.79 Å². The summed E-state index contributed by atoms with van der Waals surface area (Å²) >= 11 is 0. The quantitative estimate of drug-likeness (QED) is 0.700. The molecule has 3 rings (SSSR count). The molecule has 1 unspecified atom stereocenters. The summed E-state index contributed by atoms with van der Waals surface area (Å²) in [6.07, 6.45) is 0. The Labute approximate surface area is 156 Å². The van der Waals surface area contributed by atoms with Crippen LogP contribution >= 0.6 is 0 Å². The Morgan fingerprint density at radius 1 is 1.04 bits per heavy atom. The van der Waals surface area contributed by atoms with Gasteiger partial charge in [0.2, 0.25) is 0 Å². The molecular formula is C21H21F2N2O2+. The first-order valence-electron chi connectivity index (χ1n) is 8.57. The number of hydrogen-bond acceptors (Lipinski definition) is 2. The molecule has 4 nitrogen and oxygen atoms in total. The molecule has 0 aromatic heterocycles. The van der Waals surface area contributed by atoms with Crippen molar-refractivity contribution in [2.75, 3.05) is 26.0 Å². The number of likely N-dealkylation sites (N-methyl/N-ethyl adjacent to an activating group) is 1. The number of quaternary nitrogens is 1. The molecule has 3 aromatic carbocycles. The van der Waals surface area contributed by atoms with Crippen molar-refractivity contribution in [2.24, 2.45) is 0 Å². The molecule has 0 spiro atoms. The summed E-state index contributed by atoms with van der Waals surface area (Å²) in [5.74, 6) is -0.987. The molecule has 0 aliphatic rings. The minimum atomic E-state index is -0.786. The lowest BCUT2D eigenvalue weighted by atomic mass is 10.1. The summed E-state index contributed by atoms with van der Waals surface area (Å²) in [7, 11) is 3.52. The summed E-state index contributed by atoms with van der Waals surface area (Å²) in [5.41, 5.74) is 1.07. The van der Waals surface area contributed by atoms with E-state index in [1.807, 2.05) is 37.4 Å². The second-order valence-electron chi connectivity index (χ2n) is 6.53. The normalized spacial score (nSPS) is 12.0. The molecule has 0 fully saturated rings. The Morgan fingerprint density at radius 3 is 2.52 bits per heavy atom. The Morgan fingerprint density at radius 2 is 1.78 bits per heavy atom. The second kappa shape index (κ2) is 8.14. The van der Waals surface area contributed by atoms with Gasteiger partial charge in [-0.25, -0.2) is 8.78 Å². The van der Waals surface area contributed by atoms with Crippen LogP contribution in [0, 0.1) is 11.6 Å². The summed E-state index contributed by atoms with van der Waals surface area (Å²) in [6, 6.07) is 15.1. The highest BCUT2D eigenvalue weighted by Gasteiger charge is 2.13. The van der Waals surface area contributed by atoms with Gasteiger partial charge >= 0.3 is 0 Å². The molecule has 2 N–H and O–H groups in total. The fourth-order valence-electron chi connectivity index (χ4n) is 2.98. The van der Waals surface area contributed by atoms with Gasteiger partial charge in [-0.1, -0.05) is 18.2 Å². The summed E-state index contributed by atoms with van der Waals surface area (Å²) in [5, 5.41) is 4.66. The van der Waals surface area contributed by atoms with Crippen LogP contribution in [0.1, 0.15) is 5.56 Å². The van der Waals surface area contributed by atoms with E-state index in [-0.39, 0.29) is 18.1 Å². The van der Waals surface area contributed by atoms with E-state index in [9.17, 15) is 13.6 Å². The van der Waals surface area contributed by atoms with Crippen LogP contribution in [0.2, 0.25) is 0 Å². The van der Waals surface area contributed by atoms with Crippen molar-refractivity contribution < 1.29 is 23.2 Å². The van der Waals surface area contributed by atoms with Crippen LogP contribution in [-0.2, 0) is 11.3 Å². The van der Waals surface area contributed by atoms with Gasteiger partial charge in [-0.2, -0.15) is 0 Å². The number of nitrogens with one attached hydrogen (secondary N) is 2. The van der Waals surface area contributed by atoms with Gasteiger partial charge in [0, 0.05) is 11.6 Å². The molecule has 0 radical (unpaired) electrons. The molecule has 6 heteroatoms. The van der Waals surface area contributed by atoms with Gasteiger partial charge in [0.25, 0.3) is 5.91 Å². The second-order valence-corrected chi connectivity index (χ2v) is 6.53. The van der Waals surface area contributed by atoms with E-state index in [1.54, 1.807) is 7.11 Å². The number of benzene rings is 3. The average molecular weight is 371 g/mol. The molecule has 0 heterocycles. The third-order valence-electron chi connectivity index (χ3n) is 4.29. The van der Waals surface area contributed by atoms with E-state index in [4.69, 9.17) is 4.74 Å². The third kappa shape index (κ3) is 4.80. The van der Waals surface area contributed by atoms with Crippen LogP contribution in [0.5, 0.6) is 5.75 Å². The molecule has 1 atom stereocenters. The van der Waals surface area contributed by atoms with E-state index >= 15 is 0 Å². The maximum Gasteiger partial charge on any atom is 0.279 e. The van der Waals surface area contributed by atoms with Crippen molar-refractivity contribution in [3.63, 3.8) is 0 Å². The fourth-order valence-corrected chi connectivity index (χ4v) is 2.98. The smallest absolute Gasteiger partial charge is 0.279 e. The van der Waals surface area contributed by atoms with Crippen molar-refractivity contribution >= 4 is 22.4 Å². The maximum absolute atomic E-state index is 13.6. The van der Waals surface area contributed by atoms with E-state index in [1.165, 1.54) is 6.07 Å². The molecule has 0 aliphatic heterocycles. The number of hydrogen-bond donors (Lipinski definition) is 2. The monoisotopic (exact) mass is 371 g/mol. The topological polar surface area (TPSA) is 42.8 Å². The zero-order valence-electron chi connectivity index (χ0n) is 15.2. The molecule has 140 valence electrons. The lowest BCUT2D eigenvalue weighted by molar-refractivity contribution is -0.885. The lowest BCUT2D eigenvalue weighted by Gasteiger charge is -2.15. The number of fused-ring (bicyclic) bond motifs is 1. The molecule has 27 heavy (non-hydrogen) atoms. The number of amides is 1. The van der Waals surface area contributed by atoms with Crippen molar-refractivity contribution in [1.29, 1.82) is 0 Å². The van der Waals surface area contributed by atoms with Gasteiger partial charge in [0.05, 0.1) is 19.8 Å². The standard InChI is InChI=1S/C21H20F2N2O2/c1-25(13-21(26)24-20-8-6-17(22)11-19(20)23)12-14-3-4-16-10-18(27-2)7-5-15(16)9-14/h3-11H,12-13H2,1-2H3,(H,24,26)/p+1. The predicted molar refractivity (Wildman–Crippen MR) is 101 cm³/mol. The molecular weight excluding hydrogens is 350 g/mol. The van der Waals surface area contributed by atoms with E-state index in [2.05, 4.69) is 11.4 Å². The largest absolute Gasteiger partial charge is 0.497 e. The molecule has 0 saturated heterocycles. The first-order valence-corrected chi connectivity index (χ1v) is 8.57. The number of methoxy groups -OCH3 is 1. The van der Waals surface area contributed by atoms with Crippen LogP contribution in [0.4, 0.5) is 14.5 Å². The number of anilines is 1. The van der Waals surface area contributed by atoms with Crippen LogP contribution < -0.4 is 15.0 Å². The van der Waals surface area contributed by atoms with Gasteiger partial charge in [-0.05, 0) is 41.1 Å². The zero-order valence-corrected chi connectivity index (χ0v) is 15.2. The van der Waals surface area contributed by atoms with Crippen LogP contribution in [0.25, 0.3) is 10.8 Å². The minimum absolute atomic E-state index is 0.0196. The summed E-state index contributed by atoms with van der Waals surface area (Å²) in [4.78, 5) is 13.1. The average Bonchev–Trinajstić information content (AvgIpc) is 2.63. The molecule has 0 aliphatic carbocycles. The molecule has 0 bridgehead atoms. The summed E-state index contributed by atoms with van der Waals surface area (Å²) in [6.45, 7) is 0.804.